The Morgan fingerprint density at radius 3 is 2.56 bits per heavy atom. The highest BCUT2D eigenvalue weighted by Gasteiger charge is 2.10. The zero-order valence-electron chi connectivity index (χ0n) is 5.51. The van der Waals surface area contributed by atoms with Gasteiger partial charge in [-0.15, -0.1) is 19.0 Å². The molecule has 1 atom stereocenters. The quantitative estimate of drug-likeness (QED) is 0.536. The maximum Gasteiger partial charge on any atom is 0.200 e. The van der Waals surface area contributed by atoms with Crippen molar-refractivity contribution in [1.29, 1.82) is 0 Å². The molecule has 0 N–H and O–H groups in total. The van der Waals surface area contributed by atoms with Gasteiger partial charge in [-0.25, -0.2) is 0 Å². The summed E-state index contributed by atoms with van der Waals surface area (Å²) in [7, 11) is -0.841. The van der Waals surface area contributed by atoms with Crippen LogP contribution in [0.2, 0.25) is 6.04 Å². The largest absolute Gasteiger partial charge is 0.416 e. The zero-order chi connectivity index (χ0) is 5.82. The molecule has 1 unspecified atom stereocenters. The first-order valence-corrected chi connectivity index (χ1v) is 5.13. The molecule has 0 aromatic carbocycles. The Balaban J connectivity index is 0.000000640. The summed E-state index contributed by atoms with van der Waals surface area (Å²) in [6.07, 6.45) is 2.63. The monoisotopic (exact) mass is 164 g/mol. The van der Waals surface area contributed by atoms with E-state index in [1.165, 1.54) is 18.9 Å². The number of hydrogen-bond acceptors (Lipinski definition) is 1. The van der Waals surface area contributed by atoms with Gasteiger partial charge in [-0.1, -0.05) is 12.1 Å². The highest BCUT2D eigenvalue weighted by molar-refractivity contribution is 6.57. The Morgan fingerprint density at radius 1 is 1.44 bits per heavy atom. The van der Waals surface area contributed by atoms with Crippen LogP contribution in [-0.2, 0) is 4.43 Å². The fourth-order valence-corrected chi connectivity index (χ4v) is 2.65. The fourth-order valence-electron chi connectivity index (χ4n) is 0.952. The minimum absolute atomic E-state index is 0. The second kappa shape index (κ2) is 5.03. The van der Waals surface area contributed by atoms with E-state index in [9.17, 15) is 0 Å². The molecule has 9 heavy (non-hydrogen) atoms. The lowest BCUT2D eigenvalue weighted by Crippen LogP contribution is -2.20. The molecule has 0 saturated carbocycles. The Morgan fingerprint density at radius 2 is 2.22 bits per heavy atom. The molecule has 3 heteroatoms. The van der Waals surface area contributed by atoms with E-state index in [4.69, 9.17) is 4.43 Å². The van der Waals surface area contributed by atoms with Crippen molar-refractivity contribution in [3.05, 3.63) is 12.3 Å². The van der Waals surface area contributed by atoms with Crippen molar-refractivity contribution >= 4 is 21.4 Å². The summed E-state index contributed by atoms with van der Waals surface area (Å²) in [6.45, 7) is 4.71. The summed E-state index contributed by atoms with van der Waals surface area (Å²) in [5.74, 6) is 0. The summed E-state index contributed by atoms with van der Waals surface area (Å²) in [5.41, 5.74) is 2.03. The minimum Gasteiger partial charge on any atom is -0.416 e. The molecule has 0 amide bonds. The Kier molecular flexibility index (Phi) is 5.14. The first-order chi connectivity index (χ1) is 3.93. The topological polar surface area (TPSA) is 9.23 Å². The lowest BCUT2D eigenvalue weighted by atomic mass is 10.4. The molecule has 0 aromatic heterocycles. The summed E-state index contributed by atoms with van der Waals surface area (Å²) >= 11 is 0. The van der Waals surface area contributed by atoms with E-state index >= 15 is 0 Å². The molecular formula is C6H13ClOSi. The molecule has 0 bridgehead atoms. The molecule has 1 fully saturated rings. The van der Waals surface area contributed by atoms with Gasteiger partial charge in [-0.2, -0.15) is 0 Å². The van der Waals surface area contributed by atoms with Crippen molar-refractivity contribution in [2.75, 3.05) is 6.61 Å². The van der Waals surface area contributed by atoms with Crippen LogP contribution < -0.4 is 0 Å². The lowest BCUT2D eigenvalue weighted by Gasteiger charge is -2.16. The minimum atomic E-state index is -0.841. The maximum atomic E-state index is 5.45. The second-order valence-electron chi connectivity index (χ2n) is 2.14. The average molecular weight is 165 g/mol. The van der Waals surface area contributed by atoms with Gasteiger partial charge in [-0.05, 0) is 12.5 Å². The van der Waals surface area contributed by atoms with Gasteiger partial charge in [0.2, 0.25) is 9.04 Å². The molecule has 0 aliphatic carbocycles. The van der Waals surface area contributed by atoms with Gasteiger partial charge in [0.1, 0.15) is 0 Å². The fraction of sp³-hybridized carbons (Fsp3) is 0.667. The first kappa shape index (κ1) is 9.21. The van der Waals surface area contributed by atoms with Crippen molar-refractivity contribution in [2.24, 2.45) is 0 Å². The molecule has 1 nitrogen and oxygen atoms in total. The number of hydrogen-bond donors (Lipinski definition) is 0. The second-order valence-corrected chi connectivity index (χ2v) is 4.60. The molecular weight excluding hydrogens is 152 g/mol. The van der Waals surface area contributed by atoms with Crippen LogP contribution in [0.5, 0.6) is 0 Å². The molecule has 1 rings (SSSR count). The van der Waals surface area contributed by atoms with Crippen LogP contribution in [0.3, 0.4) is 0 Å². The van der Waals surface area contributed by atoms with Gasteiger partial charge >= 0.3 is 0 Å². The van der Waals surface area contributed by atoms with E-state index in [0.29, 0.717) is 0 Å². The van der Waals surface area contributed by atoms with Crippen LogP contribution in [0.25, 0.3) is 0 Å². The predicted octanol–water partition coefficient (Wildman–Crippen LogP) is 1.67. The standard InChI is InChI=1S/C6H12OSi.ClH/c1-2-8-6-4-3-5-7-8;/h2,8H,1,3-6H2;1H. The molecule has 1 heterocycles. The van der Waals surface area contributed by atoms with E-state index in [2.05, 4.69) is 6.58 Å². The normalized spacial score (nSPS) is 26.4. The van der Waals surface area contributed by atoms with Crippen LogP contribution in [0.4, 0.5) is 0 Å². The number of rotatable bonds is 1. The SMILES string of the molecule is C=C[SiH]1CCCCO1.Cl. The third-order valence-corrected chi connectivity index (χ3v) is 3.64. The maximum absolute atomic E-state index is 5.45. The molecule has 1 aliphatic rings. The summed E-state index contributed by atoms with van der Waals surface area (Å²) in [6, 6.07) is 1.31. The van der Waals surface area contributed by atoms with E-state index < -0.39 is 9.04 Å². The third kappa shape index (κ3) is 3.03. The Labute approximate surface area is 64.2 Å². The molecule has 0 aromatic rings. The van der Waals surface area contributed by atoms with Crippen molar-refractivity contribution < 1.29 is 4.43 Å². The van der Waals surface area contributed by atoms with Gasteiger partial charge in [0.05, 0.1) is 0 Å². The summed E-state index contributed by atoms with van der Waals surface area (Å²) < 4.78 is 5.45. The number of halogens is 1. The van der Waals surface area contributed by atoms with Crippen LogP contribution in [0.15, 0.2) is 12.3 Å². The van der Waals surface area contributed by atoms with E-state index in [1.54, 1.807) is 0 Å². The van der Waals surface area contributed by atoms with Crippen molar-refractivity contribution in [3.63, 3.8) is 0 Å². The first-order valence-electron chi connectivity index (χ1n) is 3.17. The van der Waals surface area contributed by atoms with Gasteiger partial charge in [0, 0.05) is 6.61 Å². The Bertz CT molecular complexity index is 81.1. The summed E-state index contributed by atoms with van der Waals surface area (Å²) in [4.78, 5) is 0. The lowest BCUT2D eigenvalue weighted by molar-refractivity contribution is 0.294. The van der Waals surface area contributed by atoms with Gasteiger partial charge < -0.3 is 4.43 Å². The van der Waals surface area contributed by atoms with Crippen molar-refractivity contribution in [1.82, 2.24) is 0 Å². The van der Waals surface area contributed by atoms with Crippen molar-refractivity contribution in [3.8, 4) is 0 Å². The molecule has 1 saturated heterocycles. The molecule has 54 valence electrons. The van der Waals surface area contributed by atoms with Crippen molar-refractivity contribution in [2.45, 2.75) is 18.9 Å². The van der Waals surface area contributed by atoms with Crippen LogP contribution in [0.1, 0.15) is 12.8 Å². The van der Waals surface area contributed by atoms with Gasteiger partial charge in [0.25, 0.3) is 0 Å². The van der Waals surface area contributed by atoms with E-state index in [0.717, 1.165) is 6.61 Å². The predicted molar refractivity (Wildman–Crippen MR) is 44.6 cm³/mol. The highest BCUT2D eigenvalue weighted by Crippen LogP contribution is 2.10. The van der Waals surface area contributed by atoms with E-state index in [-0.39, 0.29) is 12.4 Å². The van der Waals surface area contributed by atoms with Gasteiger partial charge in [0.15, 0.2) is 0 Å². The molecule has 0 spiro atoms. The highest BCUT2D eigenvalue weighted by atomic mass is 35.5. The average Bonchev–Trinajstić information content (AvgIpc) is 1.90. The third-order valence-electron chi connectivity index (χ3n) is 1.48. The Hall–Kier alpha value is 0.207. The van der Waals surface area contributed by atoms with Crippen LogP contribution >= 0.6 is 12.4 Å². The van der Waals surface area contributed by atoms with Crippen LogP contribution in [-0.4, -0.2) is 15.6 Å². The smallest absolute Gasteiger partial charge is 0.200 e. The van der Waals surface area contributed by atoms with Crippen LogP contribution in [0, 0.1) is 0 Å². The molecule has 1 aliphatic heterocycles. The van der Waals surface area contributed by atoms with E-state index in [1.807, 2.05) is 5.70 Å². The molecule has 0 radical (unpaired) electrons. The zero-order valence-corrected chi connectivity index (χ0v) is 7.48. The van der Waals surface area contributed by atoms with Gasteiger partial charge in [-0.3, -0.25) is 0 Å². The summed E-state index contributed by atoms with van der Waals surface area (Å²) in [5, 5.41) is 0.